The molecule has 0 saturated carbocycles. The standard InChI is InChI=1S/C14H15NO/c1-8-4-11-7-14(16)9(2)6-13(11)12(5-8)10(3)15/h5-7,16H,1,3-4,15H2,2H3. The van der Waals surface area contributed by atoms with Crippen LogP contribution in [0.2, 0.25) is 0 Å². The van der Waals surface area contributed by atoms with Gasteiger partial charge in [0.2, 0.25) is 0 Å². The van der Waals surface area contributed by atoms with Gasteiger partial charge in [-0.1, -0.05) is 18.7 Å². The molecular weight excluding hydrogens is 198 g/mol. The third-order valence-corrected chi connectivity index (χ3v) is 2.82. The topological polar surface area (TPSA) is 46.2 Å². The summed E-state index contributed by atoms with van der Waals surface area (Å²) in [7, 11) is 0. The van der Waals surface area contributed by atoms with Crippen LogP contribution in [-0.4, -0.2) is 5.11 Å². The van der Waals surface area contributed by atoms with Gasteiger partial charge in [-0.3, -0.25) is 0 Å². The Kier molecular flexibility index (Phi) is 2.35. The van der Waals surface area contributed by atoms with E-state index in [-0.39, 0.29) is 0 Å². The summed E-state index contributed by atoms with van der Waals surface area (Å²) in [5.41, 5.74) is 11.1. The average Bonchev–Trinajstić information content (AvgIpc) is 2.19. The molecule has 1 aromatic rings. The summed E-state index contributed by atoms with van der Waals surface area (Å²) in [6.45, 7) is 9.58. The van der Waals surface area contributed by atoms with E-state index in [9.17, 15) is 5.11 Å². The van der Waals surface area contributed by atoms with Crippen LogP contribution in [-0.2, 0) is 6.42 Å². The first-order chi connectivity index (χ1) is 7.49. The van der Waals surface area contributed by atoms with Crippen molar-refractivity contribution >= 4 is 5.57 Å². The molecule has 2 nitrogen and oxygen atoms in total. The van der Waals surface area contributed by atoms with Gasteiger partial charge in [-0.25, -0.2) is 0 Å². The molecule has 0 unspecified atom stereocenters. The number of aromatic hydroxyl groups is 1. The van der Waals surface area contributed by atoms with Gasteiger partial charge in [0.15, 0.2) is 0 Å². The van der Waals surface area contributed by atoms with Crippen molar-refractivity contribution < 1.29 is 5.11 Å². The van der Waals surface area contributed by atoms with Gasteiger partial charge in [-0.2, -0.15) is 0 Å². The lowest BCUT2D eigenvalue weighted by Crippen LogP contribution is -2.07. The summed E-state index contributed by atoms with van der Waals surface area (Å²) in [5, 5.41) is 9.68. The van der Waals surface area contributed by atoms with Crippen molar-refractivity contribution in [1.29, 1.82) is 0 Å². The van der Waals surface area contributed by atoms with Crippen LogP contribution in [0.4, 0.5) is 0 Å². The molecule has 1 aromatic carbocycles. The summed E-state index contributed by atoms with van der Waals surface area (Å²) in [5.74, 6) is 0.315. The normalized spacial score (nSPS) is 14.3. The first-order valence-corrected chi connectivity index (χ1v) is 5.16. The highest BCUT2D eigenvalue weighted by Crippen LogP contribution is 2.34. The lowest BCUT2D eigenvalue weighted by molar-refractivity contribution is 0.470. The van der Waals surface area contributed by atoms with Crippen LogP contribution in [0.3, 0.4) is 0 Å². The molecule has 0 bridgehead atoms. The van der Waals surface area contributed by atoms with E-state index in [2.05, 4.69) is 13.2 Å². The highest BCUT2D eigenvalue weighted by Gasteiger charge is 2.17. The molecule has 0 radical (unpaired) electrons. The number of rotatable bonds is 1. The lowest BCUT2D eigenvalue weighted by atomic mass is 9.86. The van der Waals surface area contributed by atoms with E-state index in [1.807, 2.05) is 19.1 Å². The molecule has 16 heavy (non-hydrogen) atoms. The van der Waals surface area contributed by atoms with Gasteiger partial charge >= 0.3 is 0 Å². The summed E-state index contributed by atoms with van der Waals surface area (Å²) in [6, 6.07) is 3.73. The fourth-order valence-corrected chi connectivity index (χ4v) is 1.98. The van der Waals surface area contributed by atoms with E-state index in [1.165, 1.54) is 0 Å². The molecule has 0 amide bonds. The Labute approximate surface area is 95.4 Å². The van der Waals surface area contributed by atoms with Crippen LogP contribution in [0.5, 0.6) is 5.75 Å². The Morgan fingerprint density at radius 3 is 2.75 bits per heavy atom. The van der Waals surface area contributed by atoms with Crippen LogP contribution in [0.25, 0.3) is 5.57 Å². The number of phenols is 1. The molecule has 0 saturated heterocycles. The monoisotopic (exact) mass is 213 g/mol. The van der Waals surface area contributed by atoms with Gasteiger partial charge in [0.25, 0.3) is 0 Å². The summed E-state index contributed by atoms with van der Waals surface area (Å²) < 4.78 is 0. The Balaban J connectivity index is 2.67. The number of benzene rings is 1. The number of hydrogen-bond acceptors (Lipinski definition) is 2. The van der Waals surface area contributed by atoms with Crippen molar-refractivity contribution in [3.8, 4) is 5.75 Å². The first kappa shape index (κ1) is 10.6. The molecular formula is C14H15NO. The molecule has 82 valence electrons. The van der Waals surface area contributed by atoms with Gasteiger partial charge in [-0.15, -0.1) is 0 Å². The third kappa shape index (κ3) is 1.63. The van der Waals surface area contributed by atoms with E-state index in [0.717, 1.165) is 34.3 Å². The zero-order valence-corrected chi connectivity index (χ0v) is 9.38. The second-order valence-electron chi connectivity index (χ2n) is 4.21. The predicted molar refractivity (Wildman–Crippen MR) is 67.0 cm³/mol. The number of hydrogen-bond donors (Lipinski definition) is 2. The molecule has 0 spiro atoms. The fraction of sp³-hybridized carbons (Fsp3) is 0.143. The molecule has 1 aliphatic rings. The molecule has 0 aliphatic heterocycles. The summed E-state index contributed by atoms with van der Waals surface area (Å²) in [6.07, 6.45) is 2.71. The Morgan fingerprint density at radius 2 is 2.12 bits per heavy atom. The molecule has 3 N–H and O–H groups in total. The average molecular weight is 213 g/mol. The number of nitrogens with two attached hydrogens (primary N) is 1. The second-order valence-corrected chi connectivity index (χ2v) is 4.21. The highest BCUT2D eigenvalue weighted by molar-refractivity contribution is 5.84. The molecule has 0 fully saturated rings. The van der Waals surface area contributed by atoms with E-state index in [4.69, 9.17) is 5.73 Å². The molecule has 0 heterocycles. The van der Waals surface area contributed by atoms with Crippen molar-refractivity contribution in [3.05, 3.63) is 59.3 Å². The van der Waals surface area contributed by atoms with Crippen molar-refractivity contribution in [2.75, 3.05) is 0 Å². The highest BCUT2D eigenvalue weighted by atomic mass is 16.3. The maximum atomic E-state index is 9.68. The van der Waals surface area contributed by atoms with E-state index in [0.29, 0.717) is 11.4 Å². The zero-order chi connectivity index (χ0) is 11.9. The third-order valence-electron chi connectivity index (χ3n) is 2.82. The van der Waals surface area contributed by atoms with E-state index >= 15 is 0 Å². The van der Waals surface area contributed by atoms with Gasteiger partial charge < -0.3 is 10.8 Å². The van der Waals surface area contributed by atoms with Gasteiger partial charge in [0.1, 0.15) is 5.75 Å². The van der Waals surface area contributed by atoms with Gasteiger partial charge in [-0.05, 0) is 48.2 Å². The molecule has 2 rings (SSSR count). The fourth-order valence-electron chi connectivity index (χ4n) is 1.98. The second kappa shape index (κ2) is 3.56. The van der Waals surface area contributed by atoms with Crippen molar-refractivity contribution in [2.24, 2.45) is 5.73 Å². The molecule has 0 atom stereocenters. The predicted octanol–water partition coefficient (Wildman–Crippen LogP) is 2.67. The molecule has 0 aromatic heterocycles. The quantitative estimate of drug-likeness (QED) is 0.753. The van der Waals surface area contributed by atoms with Crippen LogP contribution >= 0.6 is 0 Å². The molecule has 1 aliphatic carbocycles. The number of allylic oxidation sites excluding steroid dienone is 3. The van der Waals surface area contributed by atoms with Crippen molar-refractivity contribution in [3.63, 3.8) is 0 Å². The van der Waals surface area contributed by atoms with Crippen molar-refractivity contribution in [2.45, 2.75) is 13.3 Å². The van der Waals surface area contributed by atoms with Crippen LogP contribution in [0.15, 0.2) is 42.6 Å². The van der Waals surface area contributed by atoms with Crippen LogP contribution < -0.4 is 5.73 Å². The van der Waals surface area contributed by atoms with Gasteiger partial charge in [0.05, 0.1) is 0 Å². The minimum absolute atomic E-state index is 0.315. The SMILES string of the molecule is C=C1C=C(C(=C)N)c2cc(C)c(O)cc2C1. The maximum absolute atomic E-state index is 9.68. The Morgan fingerprint density at radius 1 is 1.44 bits per heavy atom. The minimum atomic E-state index is 0.315. The largest absolute Gasteiger partial charge is 0.508 e. The van der Waals surface area contributed by atoms with E-state index in [1.54, 1.807) is 6.07 Å². The number of phenolic OH excluding ortho intramolecular Hbond substituents is 1. The zero-order valence-electron chi connectivity index (χ0n) is 9.38. The number of fused-ring (bicyclic) bond motifs is 1. The van der Waals surface area contributed by atoms with Gasteiger partial charge in [0, 0.05) is 11.3 Å². The van der Waals surface area contributed by atoms with Crippen LogP contribution in [0, 0.1) is 6.92 Å². The smallest absolute Gasteiger partial charge is 0.118 e. The van der Waals surface area contributed by atoms with Crippen molar-refractivity contribution in [1.82, 2.24) is 0 Å². The van der Waals surface area contributed by atoms with Crippen LogP contribution in [0.1, 0.15) is 16.7 Å². The Hall–Kier alpha value is -1.96. The summed E-state index contributed by atoms with van der Waals surface area (Å²) in [4.78, 5) is 0. The Bertz CT molecular complexity index is 524. The minimum Gasteiger partial charge on any atom is -0.508 e. The number of aryl methyl sites for hydroxylation is 1. The lowest BCUT2D eigenvalue weighted by Gasteiger charge is -2.20. The summed E-state index contributed by atoms with van der Waals surface area (Å²) >= 11 is 0. The maximum Gasteiger partial charge on any atom is 0.118 e. The van der Waals surface area contributed by atoms with E-state index < -0.39 is 0 Å². The molecule has 2 heteroatoms. The first-order valence-electron chi connectivity index (χ1n) is 5.16.